The van der Waals surface area contributed by atoms with Crippen molar-refractivity contribution in [1.82, 2.24) is 9.78 Å². The monoisotopic (exact) mass is 263 g/mol. The predicted octanol–water partition coefficient (Wildman–Crippen LogP) is 3.30. The Labute approximate surface area is 117 Å². The average molecular weight is 263 g/mol. The van der Waals surface area contributed by atoms with Crippen molar-refractivity contribution in [1.29, 1.82) is 0 Å². The Kier molecular flexibility index (Phi) is 5.03. The summed E-state index contributed by atoms with van der Waals surface area (Å²) in [5.41, 5.74) is 8.91. The lowest BCUT2D eigenvalue weighted by atomic mass is 9.76. The summed E-state index contributed by atoms with van der Waals surface area (Å²) < 4.78 is 2.11. The number of nitrogens with two attached hydrogens (primary N) is 1. The molecule has 3 unspecified atom stereocenters. The van der Waals surface area contributed by atoms with Gasteiger partial charge in [0.05, 0.1) is 5.69 Å². The molecule has 1 aromatic heterocycles. The quantitative estimate of drug-likeness (QED) is 0.886. The summed E-state index contributed by atoms with van der Waals surface area (Å²) >= 11 is 0. The molecule has 3 nitrogen and oxygen atoms in total. The predicted molar refractivity (Wildman–Crippen MR) is 80.1 cm³/mol. The van der Waals surface area contributed by atoms with Gasteiger partial charge in [0.2, 0.25) is 0 Å². The van der Waals surface area contributed by atoms with E-state index in [2.05, 4.69) is 36.6 Å². The number of rotatable bonds is 5. The molecule has 1 aliphatic rings. The molecule has 1 fully saturated rings. The highest BCUT2D eigenvalue weighted by molar-refractivity contribution is 5.10. The standard InChI is InChI=1S/C16H29N3/c1-4-13-7-6-8-14(10-13)16(17)11-15-9-12(3)18-19(15)5-2/h9,13-14,16H,4-8,10-11,17H2,1-3H3. The minimum absolute atomic E-state index is 0.302. The van der Waals surface area contributed by atoms with Crippen LogP contribution in [-0.2, 0) is 13.0 Å². The summed E-state index contributed by atoms with van der Waals surface area (Å²) in [5, 5.41) is 4.52. The smallest absolute Gasteiger partial charge is 0.0596 e. The summed E-state index contributed by atoms with van der Waals surface area (Å²) in [6.45, 7) is 7.47. The fourth-order valence-corrected chi connectivity index (χ4v) is 3.54. The van der Waals surface area contributed by atoms with Crippen LogP contribution >= 0.6 is 0 Å². The SMILES string of the molecule is CCC1CCCC(C(N)Cc2cc(C)nn2CC)C1. The molecular formula is C16H29N3. The van der Waals surface area contributed by atoms with E-state index in [1.165, 1.54) is 37.8 Å². The van der Waals surface area contributed by atoms with Crippen LogP contribution in [0.3, 0.4) is 0 Å². The van der Waals surface area contributed by atoms with Gasteiger partial charge in [0.1, 0.15) is 0 Å². The largest absolute Gasteiger partial charge is 0.327 e. The van der Waals surface area contributed by atoms with E-state index < -0.39 is 0 Å². The van der Waals surface area contributed by atoms with Gasteiger partial charge in [0, 0.05) is 24.7 Å². The van der Waals surface area contributed by atoms with Crippen LogP contribution in [0.1, 0.15) is 57.3 Å². The van der Waals surface area contributed by atoms with Crippen molar-refractivity contribution < 1.29 is 0 Å². The van der Waals surface area contributed by atoms with Gasteiger partial charge < -0.3 is 5.73 Å². The maximum Gasteiger partial charge on any atom is 0.0596 e. The van der Waals surface area contributed by atoms with Crippen molar-refractivity contribution in [2.75, 3.05) is 0 Å². The van der Waals surface area contributed by atoms with Crippen molar-refractivity contribution in [2.24, 2.45) is 17.6 Å². The molecular weight excluding hydrogens is 234 g/mol. The van der Waals surface area contributed by atoms with Crippen molar-refractivity contribution in [3.8, 4) is 0 Å². The van der Waals surface area contributed by atoms with Crippen molar-refractivity contribution in [3.05, 3.63) is 17.5 Å². The van der Waals surface area contributed by atoms with E-state index >= 15 is 0 Å². The first-order chi connectivity index (χ1) is 9.13. The van der Waals surface area contributed by atoms with Crippen LogP contribution in [0.15, 0.2) is 6.07 Å². The van der Waals surface area contributed by atoms with Gasteiger partial charge in [-0.05, 0) is 44.6 Å². The van der Waals surface area contributed by atoms with Crippen LogP contribution in [-0.4, -0.2) is 15.8 Å². The third kappa shape index (κ3) is 3.59. The van der Waals surface area contributed by atoms with E-state index in [4.69, 9.17) is 5.73 Å². The molecule has 0 radical (unpaired) electrons. The van der Waals surface area contributed by atoms with E-state index in [9.17, 15) is 0 Å². The molecule has 1 heterocycles. The van der Waals surface area contributed by atoms with Gasteiger partial charge in [0.15, 0.2) is 0 Å². The Balaban J connectivity index is 1.97. The van der Waals surface area contributed by atoms with Gasteiger partial charge in [-0.15, -0.1) is 0 Å². The van der Waals surface area contributed by atoms with Crippen LogP contribution in [0.25, 0.3) is 0 Å². The highest BCUT2D eigenvalue weighted by atomic mass is 15.3. The molecule has 1 aromatic rings. The first-order valence-corrected chi connectivity index (χ1v) is 7.92. The number of nitrogens with zero attached hydrogens (tertiary/aromatic N) is 2. The van der Waals surface area contributed by atoms with Gasteiger partial charge >= 0.3 is 0 Å². The third-order valence-corrected chi connectivity index (χ3v) is 4.74. The topological polar surface area (TPSA) is 43.8 Å². The van der Waals surface area contributed by atoms with Crippen molar-refractivity contribution in [2.45, 2.75) is 71.9 Å². The molecule has 0 amide bonds. The highest BCUT2D eigenvalue weighted by Gasteiger charge is 2.26. The average Bonchev–Trinajstić information content (AvgIpc) is 2.78. The summed E-state index contributed by atoms with van der Waals surface area (Å²) in [4.78, 5) is 0. The fraction of sp³-hybridized carbons (Fsp3) is 0.812. The molecule has 3 heteroatoms. The molecule has 19 heavy (non-hydrogen) atoms. The molecule has 0 spiro atoms. The molecule has 0 bridgehead atoms. The molecule has 1 aliphatic carbocycles. The zero-order chi connectivity index (χ0) is 13.8. The lowest BCUT2D eigenvalue weighted by molar-refractivity contribution is 0.227. The summed E-state index contributed by atoms with van der Waals surface area (Å²) in [6, 6.07) is 2.50. The van der Waals surface area contributed by atoms with E-state index in [0.717, 1.165) is 24.6 Å². The second-order valence-electron chi connectivity index (χ2n) is 6.16. The van der Waals surface area contributed by atoms with Crippen LogP contribution in [0.5, 0.6) is 0 Å². The van der Waals surface area contributed by atoms with Gasteiger partial charge in [-0.1, -0.05) is 26.2 Å². The van der Waals surface area contributed by atoms with E-state index in [1.807, 2.05) is 0 Å². The summed E-state index contributed by atoms with van der Waals surface area (Å²) in [6.07, 6.45) is 7.72. The van der Waals surface area contributed by atoms with Gasteiger partial charge in [-0.3, -0.25) is 4.68 Å². The first-order valence-electron chi connectivity index (χ1n) is 7.92. The van der Waals surface area contributed by atoms with E-state index in [1.54, 1.807) is 0 Å². The van der Waals surface area contributed by atoms with Gasteiger partial charge in [-0.2, -0.15) is 5.10 Å². The molecule has 0 aromatic carbocycles. The zero-order valence-electron chi connectivity index (χ0n) is 12.7. The Morgan fingerprint density at radius 2 is 2.21 bits per heavy atom. The number of aromatic nitrogens is 2. The third-order valence-electron chi connectivity index (χ3n) is 4.74. The highest BCUT2D eigenvalue weighted by Crippen LogP contribution is 2.33. The van der Waals surface area contributed by atoms with Crippen LogP contribution in [0.2, 0.25) is 0 Å². The molecule has 0 saturated heterocycles. The lowest BCUT2D eigenvalue weighted by Crippen LogP contribution is -2.36. The first kappa shape index (κ1) is 14.6. The Morgan fingerprint density at radius 3 is 2.89 bits per heavy atom. The lowest BCUT2D eigenvalue weighted by Gasteiger charge is -2.32. The van der Waals surface area contributed by atoms with Crippen molar-refractivity contribution >= 4 is 0 Å². The second kappa shape index (κ2) is 6.56. The Hall–Kier alpha value is -0.830. The Morgan fingerprint density at radius 1 is 1.42 bits per heavy atom. The summed E-state index contributed by atoms with van der Waals surface area (Å²) in [5.74, 6) is 1.61. The number of hydrogen-bond donors (Lipinski definition) is 1. The second-order valence-corrected chi connectivity index (χ2v) is 6.16. The number of aryl methyl sites for hydroxylation is 2. The minimum atomic E-state index is 0.302. The van der Waals surface area contributed by atoms with Crippen LogP contribution < -0.4 is 5.73 Å². The van der Waals surface area contributed by atoms with Gasteiger partial charge in [0.25, 0.3) is 0 Å². The van der Waals surface area contributed by atoms with E-state index in [0.29, 0.717) is 12.0 Å². The fourth-order valence-electron chi connectivity index (χ4n) is 3.54. The summed E-state index contributed by atoms with van der Waals surface area (Å²) in [7, 11) is 0. The van der Waals surface area contributed by atoms with Gasteiger partial charge in [-0.25, -0.2) is 0 Å². The van der Waals surface area contributed by atoms with E-state index in [-0.39, 0.29) is 0 Å². The molecule has 0 aliphatic heterocycles. The number of hydrogen-bond acceptors (Lipinski definition) is 2. The van der Waals surface area contributed by atoms with Crippen LogP contribution in [0, 0.1) is 18.8 Å². The Bertz CT molecular complexity index is 397. The molecule has 3 atom stereocenters. The van der Waals surface area contributed by atoms with Crippen molar-refractivity contribution in [3.63, 3.8) is 0 Å². The minimum Gasteiger partial charge on any atom is -0.327 e. The maximum atomic E-state index is 6.49. The molecule has 1 saturated carbocycles. The molecule has 2 N–H and O–H groups in total. The maximum absolute atomic E-state index is 6.49. The van der Waals surface area contributed by atoms with Crippen LogP contribution in [0.4, 0.5) is 0 Å². The molecule has 2 rings (SSSR count). The normalized spacial score (nSPS) is 25.5. The zero-order valence-corrected chi connectivity index (χ0v) is 12.7. The molecule has 108 valence electrons.